The first-order valence-corrected chi connectivity index (χ1v) is 11.1. The molecule has 1 saturated carbocycles. The molecule has 0 aromatic heterocycles. The van der Waals surface area contributed by atoms with Crippen molar-refractivity contribution in [2.75, 3.05) is 31.3 Å². The van der Waals surface area contributed by atoms with Gasteiger partial charge in [0.2, 0.25) is 5.91 Å². The molecule has 2 aromatic carbocycles. The number of ether oxygens (including phenoxy) is 1. The Morgan fingerprint density at radius 3 is 2.58 bits per heavy atom. The van der Waals surface area contributed by atoms with Crippen LogP contribution in [0.4, 0.5) is 11.4 Å². The monoisotopic (exact) mass is 443 g/mol. The molecule has 0 aliphatic heterocycles. The zero-order valence-electron chi connectivity index (χ0n) is 18.1. The van der Waals surface area contributed by atoms with E-state index in [1.807, 2.05) is 18.2 Å². The van der Waals surface area contributed by atoms with Gasteiger partial charge >= 0.3 is 5.97 Å². The number of carbonyl (C=O) groups excluding carboxylic acids is 2. The van der Waals surface area contributed by atoms with Crippen molar-refractivity contribution in [2.24, 2.45) is 0 Å². The van der Waals surface area contributed by atoms with Crippen LogP contribution in [-0.2, 0) is 16.1 Å². The molecule has 6 nitrogen and oxygen atoms in total. The first kappa shape index (κ1) is 23.1. The van der Waals surface area contributed by atoms with Crippen molar-refractivity contribution in [3.8, 4) is 0 Å². The van der Waals surface area contributed by atoms with Crippen molar-refractivity contribution >= 4 is 34.9 Å². The van der Waals surface area contributed by atoms with Crippen LogP contribution in [0.3, 0.4) is 0 Å². The molecule has 0 unspecified atom stereocenters. The van der Waals surface area contributed by atoms with Gasteiger partial charge in [0, 0.05) is 18.3 Å². The Labute approximate surface area is 188 Å². The lowest BCUT2D eigenvalue weighted by atomic mass is 9.94. The first-order valence-electron chi connectivity index (χ1n) is 10.7. The third kappa shape index (κ3) is 6.45. The standard InChI is InChI=1S/C24H30ClN3O3/c1-28(19-9-4-3-5-10-19)16-18-8-6-7-11-21(18)26-15-23(29)27-22-14-17(24(30)31-2)12-13-20(22)25/h6-8,11-14,19,26H,3-5,9-10,15-16H2,1-2H3,(H,27,29). The fraction of sp³-hybridized carbons (Fsp3) is 0.417. The molecule has 7 heteroatoms. The first-order chi connectivity index (χ1) is 15.0. The highest BCUT2D eigenvalue weighted by Crippen LogP contribution is 2.25. The van der Waals surface area contributed by atoms with Gasteiger partial charge in [-0.3, -0.25) is 9.69 Å². The zero-order chi connectivity index (χ0) is 22.2. The fourth-order valence-electron chi connectivity index (χ4n) is 3.99. The Kier molecular flexibility index (Phi) is 8.32. The quantitative estimate of drug-likeness (QED) is 0.565. The summed E-state index contributed by atoms with van der Waals surface area (Å²) in [6.07, 6.45) is 6.44. The van der Waals surface area contributed by atoms with Crippen molar-refractivity contribution < 1.29 is 14.3 Å². The van der Waals surface area contributed by atoms with E-state index in [9.17, 15) is 9.59 Å². The van der Waals surface area contributed by atoms with Crippen molar-refractivity contribution in [1.29, 1.82) is 0 Å². The molecule has 0 bridgehead atoms. The van der Waals surface area contributed by atoms with E-state index < -0.39 is 5.97 Å². The topological polar surface area (TPSA) is 70.7 Å². The second-order valence-corrected chi connectivity index (χ2v) is 8.36. The SMILES string of the molecule is COC(=O)c1ccc(Cl)c(NC(=O)CNc2ccccc2CN(C)C2CCCCC2)c1. The summed E-state index contributed by atoms with van der Waals surface area (Å²) in [6, 6.07) is 13.3. The molecule has 1 aliphatic carbocycles. The number of rotatable bonds is 8. The number of para-hydroxylation sites is 1. The summed E-state index contributed by atoms with van der Waals surface area (Å²) < 4.78 is 4.72. The molecule has 1 amide bonds. The molecule has 3 rings (SSSR count). The minimum atomic E-state index is -0.485. The molecule has 0 spiro atoms. The van der Waals surface area contributed by atoms with Crippen LogP contribution >= 0.6 is 11.6 Å². The number of carbonyl (C=O) groups is 2. The Morgan fingerprint density at radius 1 is 1.10 bits per heavy atom. The minimum Gasteiger partial charge on any atom is -0.465 e. The lowest BCUT2D eigenvalue weighted by Gasteiger charge is -2.31. The van der Waals surface area contributed by atoms with Crippen molar-refractivity contribution in [1.82, 2.24) is 4.90 Å². The lowest BCUT2D eigenvalue weighted by molar-refractivity contribution is -0.114. The average Bonchev–Trinajstić information content (AvgIpc) is 2.80. The van der Waals surface area contributed by atoms with Gasteiger partial charge in [0.1, 0.15) is 0 Å². The maximum absolute atomic E-state index is 12.5. The predicted molar refractivity (Wildman–Crippen MR) is 125 cm³/mol. The van der Waals surface area contributed by atoms with Crippen LogP contribution in [0, 0.1) is 0 Å². The summed E-state index contributed by atoms with van der Waals surface area (Å²) in [4.78, 5) is 26.6. The maximum atomic E-state index is 12.5. The molecule has 166 valence electrons. The molecule has 0 atom stereocenters. The van der Waals surface area contributed by atoms with E-state index in [1.165, 1.54) is 45.3 Å². The van der Waals surface area contributed by atoms with Crippen molar-refractivity contribution in [3.63, 3.8) is 0 Å². The van der Waals surface area contributed by atoms with E-state index in [1.54, 1.807) is 12.1 Å². The van der Waals surface area contributed by atoms with E-state index in [0.29, 0.717) is 22.3 Å². The summed E-state index contributed by atoms with van der Waals surface area (Å²) >= 11 is 6.17. The Morgan fingerprint density at radius 2 is 1.84 bits per heavy atom. The Balaban J connectivity index is 1.60. The van der Waals surface area contributed by atoms with Crippen molar-refractivity contribution in [2.45, 2.75) is 44.7 Å². The van der Waals surface area contributed by atoms with Gasteiger partial charge in [-0.05, 0) is 49.7 Å². The third-order valence-corrected chi connectivity index (χ3v) is 6.07. The number of halogens is 1. The van der Waals surface area contributed by atoms with Gasteiger partial charge in [0.25, 0.3) is 0 Å². The number of nitrogens with one attached hydrogen (secondary N) is 2. The maximum Gasteiger partial charge on any atom is 0.337 e. The number of methoxy groups -OCH3 is 1. The molecule has 2 N–H and O–H groups in total. The molecule has 0 saturated heterocycles. The van der Waals surface area contributed by atoms with Crippen molar-refractivity contribution in [3.05, 3.63) is 58.6 Å². The molecular weight excluding hydrogens is 414 g/mol. The number of nitrogens with zero attached hydrogens (tertiary/aromatic N) is 1. The van der Waals surface area contributed by atoms with E-state index in [0.717, 1.165) is 17.8 Å². The zero-order valence-corrected chi connectivity index (χ0v) is 18.9. The smallest absolute Gasteiger partial charge is 0.337 e. The van der Waals surface area contributed by atoms with Gasteiger partial charge in [-0.15, -0.1) is 0 Å². The van der Waals surface area contributed by atoms with E-state index in [4.69, 9.17) is 16.3 Å². The van der Waals surface area contributed by atoms with Crippen LogP contribution in [0.25, 0.3) is 0 Å². The molecule has 1 aliphatic rings. The summed E-state index contributed by atoms with van der Waals surface area (Å²) in [5.74, 6) is -0.736. The molecule has 0 heterocycles. The molecule has 1 fully saturated rings. The van der Waals surface area contributed by atoms with Gasteiger partial charge in [0.15, 0.2) is 0 Å². The fourth-order valence-corrected chi connectivity index (χ4v) is 4.15. The van der Waals surface area contributed by atoms with Gasteiger partial charge in [-0.25, -0.2) is 4.79 Å². The van der Waals surface area contributed by atoms with Crippen LogP contribution in [0.5, 0.6) is 0 Å². The van der Waals surface area contributed by atoms with Gasteiger partial charge in [-0.2, -0.15) is 0 Å². The number of benzene rings is 2. The second-order valence-electron chi connectivity index (χ2n) is 7.95. The molecule has 2 aromatic rings. The lowest BCUT2D eigenvalue weighted by Crippen LogP contribution is -2.33. The molecular formula is C24H30ClN3O3. The minimum absolute atomic E-state index is 0.0862. The van der Waals surface area contributed by atoms with E-state index >= 15 is 0 Å². The molecule has 31 heavy (non-hydrogen) atoms. The van der Waals surface area contributed by atoms with Gasteiger partial charge in [-0.1, -0.05) is 49.1 Å². The Bertz CT molecular complexity index is 913. The van der Waals surface area contributed by atoms with Crippen LogP contribution in [-0.4, -0.2) is 43.5 Å². The van der Waals surface area contributed by atoms with Gasteiger partial charge in [0.05, 0.1) is 29.9 Å². The predicted octanol–water partition coefficient (Wildman–Crippen LogP) is 4.94. The number of anilines is 2. The highest BCUT2D eigenvalue weighted by Gasteiger charge is 2.19. The van der Waals surface area contributed by atoms with Crippen LogP contribution in [0.15, 0.2) is 42.5 Å². The van der Waals surface area contributed by atoms with Crippen LogP contribution in [0.2, 0.25) is 5.02 Å². The highest BCUT2D eigenvalue weighted by atomic mass is 35.5. The second kappa shape index (κ2) is 11.2. The average molecular weight is 444 g/mol. The number of esters is 1. The molecule has 0 radical (unpaired) electrons. The normalized spacial score (nSPS) is 14.3. The summed E-state index contributed by atoms with van der Waals surface area (Å²) in [7, 11) is 3.48. The number of hydrogen-bond acceptors (Lipinski definition) is 5. The van der Waals surface area contributed by atoms with E-state index in [2.05, 4.69) is 28.6 Å². The van der Waals surface area contributed by atoms with Crippen LogP contribution < -0.4 is 10.6 Å². The number of amides is 1. The van der Waals surface area contributed by atoms with Crippen LogP contribution in [0.1, 0.15) is 48.0 Å². The Hall–Kier alpha value is -2.57. The highest BCUT2D eigenvalue weighted by molar-refractivity contribution is 6.33. The summed E-state index contributed by atoms with van der Waals surface area (Å²) in [6.45, 7) is 0.922. The largest absolute Gasteiger partial charge is 0.465 e. The third-order valence-electron chi connectivity index (χ3n) is 5.74. The summed E-state index contributed by atoms with van der Waals surface area (Å²) in [5.41, 5.74) is 2.80. The van der Waals surface area contributed by atoms with E-state index in [-0.39, 0.29) is 12.5 Å². The number of hydrogen-bond donors (Lipinski definition) is 2. The summed E-state index contributed by atoms with van der Waals surface area (Å²) in [5, 5.41) is 6.35. The van der Waals surface area contributed by atoms with Gasteiger partial charge < -0.3 is 15.4 Å².